The number of aromatic nitrogens is 1. The molecule has 3 N–H and O–H groups in total. The largest absolute Gasteiger partial charge is 0.507 e. The predicted molar refractivity (Wildman–Crippen MR) is 173 cm³/mol. The minimum absolute atomic E-state index is 0.00928. The van der Waals surface area contributed by atoms with E-state index in [0.717, 1.165) is 18.4 Å². The Morgan fingerprint density at radius 2 is 1.61 bits per heavy atom. The van der Waals surface area contributed by atoms with Gasteiger partial charge in [0.15, 0.2) is 11.6 Å². The van der Waals surface area contributed by atoms with E-state index in [-0.39, 0.29) is 55.1 Å². The summed E-state index contributed by atoms with van der Waals surface area (Å²) in [4.78, 5) is 35.5. The fourth-order valence-corrected chi connectivity index (χ4v) is 5.61. The second-order valence-corrected chi connectivity index (χ2v) is 11.0. The minimum atomic E-state index is -0.653. The zero-order valence-electron chi connectivity index (χ0n) is 24.0. The molecule has 1 aromatic heterocycles. The van der Waals surface area contributed by atoms with Crippen molar-refractivity contribution < 1.29 is 14.7 Å². The summed E-state index contributed by atoms with van der Waals surface area (Å²) in [5.41, 5.74) is 1.79. The number of carbonyl (C=O) groups is 2. The van der Waals surface area contributed by atoms with Crippen LogP contribution in [0.1, 0.15) is 62.7 Å². The molecule has 222 valence electrons. The molecule has 1 heterocycles. The van der Waals surface area contributed by atoms with Crippen LogP contribution in [-0.2, 0) is 6.42 Å². The molecule has 11 heteroatoms. The van der Waals surface area contributed by atoms with E-state index in [2.05, 4.69) is 32.6 Å². The van der Waals surface area contributed by atoms with E-state index in [0.29, 0.717) is 36.7 Å². The quantitative estimate of drug-likeness (QED) is 0.0808. The molecule has 0 bridgehead atoms. The van der Waals surface area contributed by atoms with Crippen LogP contribution < -0.4 is 10.6 Å². The van der Waals surface area contributed by atoms with Gasteiger partial charge in [-0.25, -0.2) is 9.83 Å². The topological polar surface area (TPSA) is 120 Å². The van der Waals surface area contributed by atoms with E-state index in [1.807, 2.05) is 30.3 Å². The molecule has 0 spiro atoms. The molecule has 0 saturated carbocycles. The molecule has 4 aromatic rings. The number of hydrogen-bond donors (Lipinski definition) is 3. The summed E-state index contributed by atoms with van der Waals surface area (Å²) >= 11 is 13.0. The van der Waals surface area contributed by atoms with Gasteiger partial charge >= 0.3 is 0 Å². The number of nitrogens with one attached hydrogen (secondary N) is 2. The number of pyridine rings is 1. The molecule has 44 heavy (non-hydrogen) atoms. The zero-order chi connectivity index (χ0) is 31.4. The predicted octanol–water partition coefficient (Wildman–Crippen LogP) is 9.01. The lowest BCUT2D eigenvalue weighted by molar-refractivity contribution is 0.0977. The number of halogens is 2. The monoisotopic (exact) mass is 626 g/mol. The van der Waals surface area contributed by atoms with Gasteiger partial charge in [-0.2, -0.15) is 0 Å². The highest BCUT2D eigenvalue weighted by molar-refractivity contribution is 6.43. The maximum Gasteiger partial charge on any atom is 0.233 e. The van der Waals surface area contributed by atoms with Gasteiger partial charge in [0.25, 0.3) is 0 Å². The summed E-state index contributed by atoms with van der Waals surface area (Å²) in [7, 11) is 0. The third kappa shape index (κ3) is 5.87. The molecule has 0 fully saturated rings. The summed E-state index contributed by atoms with van der Waals surface area (Å²) in [5, 5.41) is 25.8. The van der Waals surface area contributed by atoms with E-state index in [9.17, 15) is 14.7 Å². The molecule has 0 unspecified atom stereocenters. The number of phenols is 1. The van der Waals surface area contributed by atoms with E-state index < -0.39 is 11.6 Å². The third-order valence-electron chi connectivity index (χ3n) is 7.29. The van der Waals surface area contributed by atoms with Crippen molar-refractivity contribution in [2.75, 3.05) is 23.7 Å². The van der Waals surface area contributed by atoms with Crippen molar-refractivity contribution in [3.8, 4) is 5.75 Å². The number of unbranched alkanes of at least 4 members (excludes halogenated alkanes) is 1. The Morgan fingerprint density at radius 3 is 2.34 bits per heavy atom. The lowest BCUT2D eigenvalue weighted by atomic mass is 9.82. The number of anilines is 2. The zero-order valence-corrected chi connectivity index (χ0v) is 25.6. The number of aromatic hydroxyl groups is 1. The number of azo groups is 1. The highest BCUT2D eigenvalue weighted by Gasteiger charge is 2.37. The molecule has 1 aliphatic rings. The number of rotatable bonds is 10. The van der Waals surface area contributed by atoms with E-state index in [1.54, 1.807) is 6.92 Å². The first-order valence-corrected chi connectivity index (χ1v) is 14.8. The first-order valence-electron chi connectivity index (χ1n) is 14.1. The van der Waals surface area contributed by atoms with Crippen LogP contribution >= 0.6 is 23.2 Å². The van der Waals surface area contributed by atoms with Crippen molar-refractivity contribution in [3.63, 3.8) is 0 Å². The summed E-state index contributed by atoms with van der Waals surface area (Å²) in [5.74, 6) is -0.718. The number of nitrogens with zero attached hydrogens (tertiary/aromatic N) is 4. The average Bonchev–Trinajstić information content (AvgIpc) is 3.01. The van der Waals surface area contributed by atoms with Crippen LogP contribution in [0, 0.1) is 13.5 Å². The Bertz CT molecular complexity index is 1850. The van der Waals surface area contributed by atoms with Crippen molar-refractivity contribution >= 4 is 63.5 Å². The Morgan fingerprint density at radius 1 is 0.886 bits per heavy atom. The summed E-state index contributed by atoms with van der Waals surface area (Å²) in [6.45, 7) is 12.8. The minimum Gasteiger partial charge on any atom is -0.507 e. The van der Waals surface area contributed by atoms with Gasteiger partial charge in [0.2, 0.25) is 11.5 Å². The van der Waals surface area contributed by atoms with Crippen LogP contribution in [0.4, 0.5) is 28.7 Å². The van der Waals surface area contributed by atoms with Gasteiger partial charge in [0.1, 0.15) is 22.9 Å². The van der Waals surface area contributed by atoms with Crippen LogP contribution in [0.5, 0.6) is 5.75 Å². The number of hydrogen-bond acceptors (Lipinski definition) is 8. The summed E-state index contributed by atoms with van der Waals surface area (Å²) in [6, 6.07) is 15.5. The van der Waals surface area contributed by atoms with E-state index in [4.69, 9.17) is 34.8 Å². The molecular formula is C33H28Cl2N6O3. The second-order valence-electron chi connectivity index (χ2n) is 10.2. The molecular weight excluding hydrogens is 599 g/mol. The van der Waals surface area contributed by atoms with Gasteiger partial charge in [0.05, 0.1) is 33.3 Å². The van der Waals surface area contributed by atoms with Crippen LogP contribution in [0.2, 0.25) is 10.0 Å². The molecule has 5 rings (SSSR count). The lowest BCUT2D eigenvalue weighted by Gasteiger charge is -2.21. The Labute approximate surface area is 264 Å². The van der Waals surface area contributed by atoms with Crippen molar-refractivity contribution in [2.24, 2.45) is 10.2 Å². The van der Waals surface area contributed by atoms with Gasteiger partial charge in [-0.1, -0.05) is 79.0 Å². The van der Waals surface area contributed by atoms with E-state index >= 15 is 0 Å². The lowest BCUT2D eigenvalue weighted by Crippen LogP contribution is -2.21. The maximum atomic E-state index is 13.7. The first kappa shape index (κ1) is 30.7. The number of fused-ring (bicyclic) bond motifs is 2. The number of carbonyl (C=O) groups excluding carboxylic acids is 2. The standard InChI is InChI=1S/C33H28Cl2N6O3/c1-4-5-15-37-32-27(36-3)18(2)28(33(39-32)38-16-14-19-10-7-6-8-11-19)40-41-29-22(35)17-21(34)25-26(29)31(44)24-20(30(25)43)12-9-13-23(24)42/h6-13,17,42H,4-5,14-16H2,1-2H3,(H2,37,38,39). The summed E-state index contributed by atoms with van der Waals surface area (Å²) in [6.07, 6.45) is 2.59. The molecule has 0 saturated heterocycles. The molecule has 3 aromatic carbocycles. The summed E-state index contributed by atoms with van der Waals surface area (Å²) < 4.78 is 0. The smallest absolute Gasteiger partial charge is 0.233 e. The van der Waals surface area contributed by atoms with Gasteiger partial charge in [-0.15, -0.1) is 10.2 Å². The molecule has 1 aliphatic carbocycles. The van der Waals surface area contributed by atoms with Crippen LogP contribution in [0.15, 0.2) is 64.8 Å². The van der Waals surface area contributed by atoms with Crippen molar-refractivity contribution in [1.29, 1.82) is 0 Å². The van der Waals surface area contributed by atoms with Crippen molar-refractivity contribution in [3.05, 3.63) is 109 Å². The van der Waals surface area contributed by atoms with Crippen LogP contribution in [-0.4, -0.2) is 34.7 Å². The normalized spacial score (nSPS) is 12.2. The second kappa shape index (κ2) is 13.2. The van der Waals surface area contributed by atoms with Crippen LogP contribution in [0.3, 0.4) is 0 Å². The molecule has 0 radical (unpaired) electrons. The van der Waals surface area contributed by atoms with Gasteiger partial charge in [0, 0.05) is 18.7 Å². The Hall–Kier alpha value is -4.78. The SMILES string of the molecule is [C-]#[N+]c1c(NCCCC)nc(NCCc2ccccc2)c(N=Nc2c(Cl)cc(Cl)c3c2C(=O)c2c(O)cccc2C3=O)c1C. The molecule has 0 aliphatic heterocycles. The maximum absolute atomic E-state index is 13.7. The number of ketones is 2. The third-order valence-corrected chi connectivity index (χ3v) is 7.88. The van der Waals surface area contributed by atoms with Crippen molar-refractivity contribution in [1.82, 2.24) is 4.98 Å². The number of benzene rings is 3. The van der Waals surface area contributed by atoms with Gasteiger partial charge in [-0.05, 0) is 43.0 Å². The van der Waals surface area contributed by atoms with Crippen molar-refractivity contribution in [2.45, 2.75) is 33.1 Å². The van der Waals surface area contributed by atoms with Gasteiger partial charge in [-0.3, -0.25) is 9.59 Å². The Balaban J connectivity index is 1.61. The highest BCUT2D eigenvalue weighted by atomic mass is 35.5. The fraction of sp³-hybridized carbons (Fsp3) is 0.212. The molecule has 0 atom stereocenters. The van der Waals surface area contributed by atoms with Crippen LogP contribution in [0.25, 0.3) is 4.85 Å². The first-order chi connectivity index (χ1) is 21.3. The Kier molecular flexibility index (Phi) is 9.23. The fourth-order valence-electron chi connectivity index (χ4n) is 5.02. The van der Waals surface area contributed by atoms with E-state index in [1.165, 1.54) is 24.3 Å². The molecule has 0 amide bonds. The number of phenolic OH excluding ortho intramolecular Hbond substituents is 1. The average molecular weight is 628 g/mol. The molecule has 9 nitrogen and oxygen atoms in total. The van der Waals surface area contributed by atoms with Gasteiger partial charge < -0.3 is 15.7 Å². The highest BCUT2D eigenvalue weighted by Crippen LogP contribution is 2.45.